The number of anilines is 1. The first-order chi connectivity index (χ1) is 11.0. The van der Waals surface area contributed by atoms with E-state index < -0.39 is 11.7 Å². The highest BCUT2D eigenvalue weighted by atomic mass is 19.1. The van der Waals surface area contributed by atoms with Gasteiger partial charge in [-0.3, -0.25) is 24.6 Å². The van der Waals surface area contributed by atoms with E-state index in [-0.39, 0.29) is 48.7 Å². The quantitative estimate of drug-likeness (QED) is 0.847. The molecule has 3 amide bonds. The maximum absolute atomic E-state index is 12.8. The maximum atomic E-state index is 12.8. The molecule has 0 atom stereocenters. The molecule has 2 heterocycles. The molecule has 0 aliphatic carbocycles. The first-order valence-electron chi connectivity index (χ1n) is 6.75. The molecule has 0 unspecified atom stereocenters. The number of halogens is 1. The van der Waals surface area contributed by atoms with Crippen LogP contribution in [0, 0.1) is 5.82 Å². The van der Waals surface area contributed by atoms with E-state index in [1.807, 2.05) is 0 Å². The molecule has 0 saturated carbocycles. The van der Waals surface area contributed by atoms with Crippen LogP contribution in [0.4, 0.5) is 10.4 Å². The van der Waals surface area contributed by atoms with Gasteiger partial charge in [0.1, 0.15) is 12.4 Å². The third-order valence-electron chi connectivity index (χ3n) is 3.24. The minimum Gasteiger partial charge on any atom is -0.406 e. The summed E-state index contributed by atoms with van der Waals surface area (Å²) in [5.41, 5.74) is 0.219. The molecule has 0 bridgehead atoms. The molecule has 1 aliphatic heterocycles. The van der Waals surface area contributed by atoms with Gasteiger partial charge < -0.3 is 4.42 Å². The van der Waals surface area contributed by atoms with Crippen LogP contribution < -0.4 is 5.32 Å². The minimum absolute atomic E-state index is 0.0306. The fourth-order valence-electron chi connectivity index (χ4n) is 2.07. The topological polar surface area (TPSA) is 105 Å². The molecule has 1 saturated heterocycles. The van der Waals surface area contributed by atoms with E-state index in [1.54, 1.807) is 0 Å². The van der Waals surface area contributed by atoms with Gasteiger partial charge in [-0.2, -0.15) is 0 Å². The normalized spacial score (nSPS) is 14.4. The molecule has 0 radical (unpaired) electrons. The third-order valence-corrected chi connectivity index (χ3v) is 3.24. The number of imide groups is 1. The van der Waals surface area contributed by atoms with Gasteiger partial charge in [0.2, 0.25) is 17.7 Å². The zero-order valence-corrected chi connectivity index (χ0v) is 11.8. The number of amides is 3. The summed E-state index contributed by atoms with van der Waals surface area (Å²) in [7, 11) is 0. The molecular formula is C14H11FN4O4. The predicted octanol–water partition coefficient (Wildman–Crippen LogP) is 1.11. The molecular weight excluding hydrogens is 307 g/mol. The summed E-state index contributed by atoms with van der Waals surface area (Å²) in [5, 5.41) is 9.65. The van der Waals surface area contributed by atoms with Crippen LogP contribution in [0.2, 0.25) is 0 Å². The minimum atomic E-state index is -0.548. The van der Waals surface area contributed by atoms with Crippen LogP contribution in [0.5, 0.6) is 0 Å². The molecule has 3 rings (SSSR count). The summed E-state index contributed by atoms with van der Waals surface area (Å²) in [5.74, 6) is -1.58. The van der Waals surface area contributed by atoms with Gasteiger partial charge in [-0.05, 0) is 24.3 Å². The van der Waals surface area contributed by atoms with Gasteiger partial charge in [0.15, 0.2) is 0 Å². The SMILES string of the molecule is O=C(Nc1nnc(CN2C(=O)CCC2=O)o1)c1ccc(F)cc1. The Balaban J connectivity index is 1.65. The summed E-state index contributed by atoms with van der Waals surface area (Å²) in [6.07, 6.45) is 0.336. The van der Waals surface area contributed by atoms with Gasteiger partial charge in [-0.1, -0.05) is 5.10 Å². The lowest BCUT2D eigenvalue weighted by molar-refractivity contribution is -0.139. The van der Waals surface area contributed by atoms with Crippen LogP contribution in [-0.2, 0) is 16.1 Å². The number of hydrogen-bond donors (Lipinski definition) is 1. The Labute approximate surface area is 129 Å². The molecule has 2 aromatic rings. The molecule has 8 nitrogen and oxygen atoms in total. The monoisotopic (exact) mass is 318 g/mol. The van der Waals surface area contributed by atoms with Crippen molar-refractivity contribution in [3.05, 3.63) is 41.5 Å². The van der Waals surface area contributed by atoms with Gasteiger partial charge in [0.05, 0.1) is 0 Å². The smallest absolute Gasteiger partial charge is 0.322 e. The van der Waals surface area contributed by atoms with Crippen molar-refractivity contribution in [2.45, 2.75) is 19.4 Å². The lowest BCUT2D eigenvalue weighted by Gasteiger charge is -2.09. The van der Waals surface area contributed by atoms with Gasteiger partial charge in [-0.15, -0.1) is 5.10 Å². The molecule has 23 heavy (non-hydrogen) atoms. The largest absolute Gasteiger partial charge is 0.406 e. The van der Waals surface area contributed by atoms with Crippen LogP contribution in [0.15, 0.2) is 28.7 Å². The highest BCUT2D eigenvalue weighted by Gasteiger charge is 2.30. The molecule has 0 spiro atoms. The Morgan fingerprint density at radius 1 is 1.17 bits per heavy atom. The van der Waals surface area contributed by atoms with Gasteiger partial charge in [-0.25, -0.2) is 4.39 Å². The Kier molecular flexibility index (Phi) is 3.83. The van der Waals surface area contributed by atoms with Crippen molar-refractivity contribution in [1.29, 1.82) is 0 Å². The summed E-state index contributed by atoms with van der Waals surface area (Å²) in [4.78, 5) is 35.9. The Bertz CT molecular complexity index is 755. The number of likely N-dealkylation sites (tertiary alicyclic amines) is 1. The first-order valence-corrected chi connectivity index (χ1v) is 6.75. The highest BCUT2D eigenvalue weighted by molar-refractivity contribution is 6.03. The zero-order valence-electron chi connectivity index (χ0n) is 11.8. The van der Waals surface area contributed by atoms with Crippen LogP contribution in [0.25, 0.3) is 0 Å². The lowest BCUT2D eigenvalue weighted by Crippen LogP contribution is -2.28. The second-order valence-corrected chi connectivity index (χ2v) is 4.84. The molecule has 9 heteroatoms. The Morgan fingerprint density at radius 3 is 2.48 bits per heavy atom. The molecule has 1 aliphatic rings. The number of benzene rings is 1. The second-order valence-electron chi connectivity index (χ2n) is 4.84. The van der Waals surface area contributed by atoms with Crippen LogP contribution in [-0.4, -0.2) is 32.8 Å². The standard InChI is InChI=1S/C14H11FN4O4/c15-9-3-1-8(2-4-9)13(22)16-14-18-17-10(23-14)7-19-11(20)5-6-12(19)21/h1-4H,5-7H2,(H,16,18,22). The van der Waals surface area contributed by atoms with Gasteiger partial charge in [0.25, 0.3) is 5.91 Å². The van der Waals surface area contributed by atoms with Crippen LogP contribution >= 0.6 is 0 Å². The number of rotatable bonds is 4. The summed E-state index contributed by atoms with van der Waals surface area (Å²) in [6.45, 7) is -0.128. The number of aromatic nitrogens is 2. The number of carbonyl (C=O) groups is 3. The fourth-order valence-corrected chi connectivity index (χ4v) is 2.07. The van der Waals surface area contributed by atoms with E-state index in [9.17, 15) is 18.8 Å². The summed E-state index contributed by atoms with van der Waals surface area (Å²) < 4.78 is 18.0. The van der Waals surface area contributed by atoms with Crippen LogP contribution in [0.3, 0.4) is 0 Å². The Morgan fingerprint density at radius 2 is 1.83 bits per heavy atom. The number of nitrogens with zero attached hydrogens (tertiary/aromatic N) is 3. The Hall–Kier alpha value is -3.10. The van der Waals surface area contributed by atoms with E-state index >= 15 is 0 Å². The van der Waals surface area contributed by atoms with Crippen molar-refractivity contribution in [1.82, 2.24) is 15.1 Å². The number of carbonyl (C=O) groups excluding carboxylic acids is 3. The molecule has 1 fully saturated rings. The van der Waals surface area contributed by atoms with E-state index in [1.165, 1.54) is 12.1 Å². The van der Waals surface area contributed by atoms with Crippen molar-refractivity contribution >= 4 is 23.7 Å². The maximum Gasteiger partial charge on any atom is 0.322 e. The highest BCUT2D eigenvalue weighted by Crippen LogP contribution is 2.16. The average molecular weight is 318 g/mol. The van der Waals surface area contributed by atoms with Gasteiger partial charge >= 0.3 is 6.01 Å². The van der Waals surface area contributed by atoms with Crippen LogP contribution in [0.1, 0.15) is 29.1 Å². The summed E-state index contributed by atoms with van der Waals surface area (Å²) >= 11 is 0. The molecule has 1 aromatic heterocycles. The van der Waals surface area contributed by atoms with Crippen molar-refractivity contribution < 1.29 is 23.2 Å². The molecule has 118 valence electrons. The first kappa shape index (κ1) is 14.8. The average Bonchev–Trinajstić information content (AvgIpc) is 3.09. The third kappa shape index (κ3) is 3.23. The predicted molar refractivity (Wildman–Crippen MR) is 73.4 cm³/mol. The van der Waals surface area contributed by atoms with E-state index in [0.717, 1.165) is 17.0 Å². The zero-order chi connectivity index (χ0) is 16.4. The van der Waals surface area contributed by atoms with Crippen molar-refractivity contribution in [3.63, 3.8) is 0 Å². The molecule has 1 aromatic carbocycles. The van der Waals surface area contributed by atoms with E-state index in [4.69, 9.17) is 4.42 Å². The van der Waals surface area contributed by atoms with Gasteiger partial charge in [0, 0.05) is 18.4 Å². The van der Waals surface area contributed by atoms with Crippen molar-refractivity contribution in [3.8, 4) is 0 Å². The van der Waals surface area contributed by atoms with E-state index in [0.29, 0.717) is 0 Å². The second kappa shape index (κ2) is 5.95. The fraction of sp³-hybridized carbons (Fsp3) is 0.214. The van der Waals surface area contributed by atoms with Crippen molar-refractivity contribution in [2.75, 3.05) is 5.32 Å². The lowest BCUT2D eigenvalue weighted by atomic mass is 10.2. The number of hydrogen-bond acceptors (Lipinski definition) is 6. The van der Waals surface area contributed by atoms with E-state index in [2.05, 4.69) is 15.5 Å². The number of nitrogens with one attached hydrogen (secondary N) is 1. The molecule has 1 N–H and O–H groups in total. The summed E-state index contributed by atoms with van der Waals surface area (Å²) in [6, 6.07) is 4.75. The van der Waals surface area contributed by atoms with Crippen molar-refractivity contribution in [2.24, 2.45) is 0 Å².